The highest BCUT2D eigenvalue weighted by atomic mass is 35.5. The summed E-state index contributed by atoms with van der Waals surface area (Å²) in [6, 6.07) is 25.3. The number of hydrogen-bond acceptors (Lipinski definition) is 6. The minimum atomic E-state index is -0.409. The molecule has 4 aliphatic heterocycles. The molecule has 73 heavy (non-hydrogen) atoms. The Labute approximate surface area is 452 Å². The molecule has 0 aliphatic carbocycles. The predicted molar refractivity (Wildman–Crippen MR) is 295 cm³/mol. The van der Waals surface area contributed by atoms with Crippen molar-refractivity contribution in [2.45, 2.75) is 116 Å². The number of piperidine rings is 2. The van der Waals surface area contributed by atoms with Crippen LogP contribution >= 0.6 is 58.0 Å². The van der Waals surface area contributed by atoms with Crippen LogP contribution in [-0.2, 0) is 22.4 Å². The second-order valence-electron chi connectivity index (χ2n) is 21.4. The average Bonchev–Trinajstić information content (AvgIpc) is 3.34. The van der Waals surface area contributed by atoms with Gasteiger partial charge in [-0.3, -0.25) is 39.2 Å². The van der Waals surface area contributed by atoms with Gasteiger partial charge in [-0.1, -0.05) is 70.1 Å². The van der Waals surface area contributed by atoms with Gasteiger partial charge in [-0.25, -0.2) is 8.78 Å². The number of aromatic nitrogens is 2. The van der Waals surface area contributed by atoms with E-state index >= 15 is 0 Å². The second-order valence-corrected chi connectivity index (χ2v) is 23.4. The first-order valence-electron chi connectivity index (χ1n) is 25.0. The molecule has 0 N–H and O–H groups in total. The van der Waals surface area contributed by atoms with E-state index in [9.17, 15) is 18.4 Å². The standard InChI is InChI=1S/C29H29Cl3FN3O.C29H30Cl2FN3O/c1-29(2,3)35-13-11-17(12-14-35)24-16-25-20(27(34-24)19-8-7-18(33)15-23(19)32)9-10-26(37)36(25)28-21(30)5-4-6-22(28)31;1-29(2,3)34-15-13-18(14-16-34)24-17-25-21(27(33-24)19-7-9-20(32)10-8-19)11-12-26(36)35(25)28-22(30)5-4-6-23(28)31/h4-8,15-17H,9-14H2,1-3H3;4-10,17-18H,11-16H2,1-3H3. The molecule has 0 unspecified atom stereocenters. The van der Waals surface area contributed by atoms with Crippen molar-refractivity contribution in [1.82, 2.24) is 19.8 Å². The van der Waals surface area contributed by atoms with Crippen molar-refractivity contribution in [3.05, 3.63) is 150 Å². The first-order valence-corrected chi connectivity index (χ1v) is 26.9. The Morgan fingerprint density at radius 1 is 0.493 bits per heavy atom. The summed E-state index contributed by atoms with van der Waals surface area (Å²) in [5.41, 5.74) is 9.29. The minimum Gasteiger partial charge on any atom is -0.298 e. The first-order chi connectivity index (χ1) is 34.7. The number of anilines is 4. The maximum absolute atomic E-state index is 13.9. The van der Waals surface area contributed by atoms with Gasteiger partial charge in [-0.05, 0) is 185 Å². The maximum Gasteiger partial charge on any atom is 0.231 e. The van der Waals surface area contributed by atoms with Gasteiger partial charge in [0, 0.05) is 69.4 Å². The SMILES string of the molecule is CC(C)(C)N1CCC(c2cc3c(c(-c4ccc(F)cc4)n2)CCC(=O)N3c2c(Cl)cccc2Cl)CC1.CC(C)(C)N1CCC(c2cc3c(c(-c4ccc(F)cc4Cl)n2)CCC(=O)N3c2c(Cl)cccc2Cl)CC1. The van der Waals surface area contributed by atoms with Gasteiger partial charge >= 0.3 is 0 Å². The second kappa shape index (κ2) is 21.5. The van der Waals surface area contributed by atoms with Crippen molar-refractivity contribution in [3.8, 4) is 22.5 Å². The molecule has 382 valence electrons. The van der Waals surface area contributed by atoms with E-state index < -0.39 is 5.82 Å². The molecule has 0 radical (unpaired) electrons. The quantitative estimate of drug-likeness (QED) is 0.165. The van der Waals surface area contributed by atoms with Crippen molar-refractivity contribution >= 4 is 92.6 Å². The van der Waals surface area contributed by atoms with Gasteiger partial charge in [0.25, 0.3) is 0 Å². The Kier molecular flexibility index (Phi) is 15.7. The lowest BCUT2D eigenvalue weighted by atomic mass is 9.87. The van der Waals surface area contributed by atoms with Crippen LogP contribution < -0.4 is 9.80 Å². The number of halogens is 7. The van der Waals surface area contributed by atoms with Crippen LogP contribution in [0, 0.1) is 11.6 Å². The van der Waals surface area contributed by atoms with E-state index in [1.54, 1.807) is 64.4 Å². The molecule has 2 fully saturated rings. The van der Waals surface area contributed by atoms with E-state index in [0.717, 1.165) is 91.3 Å². The van der Waals surface area contributed by atoms with Gasteiger partial charge in [0.15, 0.2) is 0 Å². The van der Waals surface area contributed by atoms with E-state index in [-0.39, 0.29) is 52.0 Å². The molecule has 4 aromatic carbocycles. The monoisotopic (exact) mass is 1080 g/mol. The Bertz CT molecular complexity index is 3030. The van der Waals surface area contributed by atoms with E-state index in [1.165, 1.54) is 24.3 Å². The lowest BCUT2D eigenvalue weighted by molar-refractivity contribution is -0.119. The molecule has 10 rings (SSSR count). The van der Waals surface area contributed by atoms with Crippen LogP contribution in [-0.4, -0.2) is 68.8 Å². The zero-order chi connectivity index (χ0) is 52.1. The molecule has 0 bridgehead atoms. The molecule has 8 nitrogen and oxygen atoms in total. The average molecular weight is 1090 g/mol. The molecule has 0 saturated carbocycles. The number of rotatable bonds is 6. The van der Waals surface area contributed by atoms with Gasteiger partial charge in [0.05, 0.1) is 59.3 Å². The summed E-state index contributed by atoms with van der Waals surface area (Å²) in [7, 11) is 0. The summed E-state index contributed by atoms with van der Waals surface area (Å²) in [5, 5.41) is 1.92. The van der Waals surface area contributed by atoms with Gasteiger partial charge in [0.1, 0.15) is 11.6 Å². The maximum atomic E-state index is 13.9. The topological polar surface area (TPSA) is 72.9 Å². The Balaban J connectivity index is 0.000000180. The smallest absolute Gasteiger partial charge is 0.231 e. The zero-order valence-electron chi connectivity index (χ0n) is 41.9. The summed E-state index contributed by atoms with van der Waals surface area (Å²) < 4.78 is 27.7. The summed E-state index contributed by atoms with van der Waals surface area (Å²) in [6.45, 7) is 17.3. The third kappa shape index (κ3) is 11.2. The van der Waals surface area contributed by atoms with E-state index in [4.69, 9.17) is 68.0 Å². The summed E-state index contributed by atoms with van der Waals surface area (Å²) >= 11 is 32.8. The van der Waals surface area contributed by atoms with Gasteiger partial charge in [-0.2, -0.15) is 0 Å². The third-order valence-corrected chi connectivity index (χ3v) is 16.3. The van der Waals surface area contributed by atoms with Crippen LogP contribution in [0.25, 0.3) is 22.5 Å². The number of nitrogens with zero attached hydrogens (tertiary/aromatic N) is 6. The molecule has 0 atom stereocenters. The highest BCUT2D eigenvalue weighted by Crippen LogP contribution is 2.48. The third-order valence-electron chi connectivity index (χ3n) is 14.7. The fourth-order valence-electron chi connectivity index (χ4n) is 10.8. The molecule has 15 heteroatoms. The summed E-state index contributed by atoms with van der Waals surface area (Å²) in [4.78, 5) is 45.2. The summed E-state index contributed by atoms with van der Waals surface area (Å²) in [6.07, 6.45) is 5.47. The molecule has 6 heterocycles. The van der Waals surface area contributed by atoms with Gasteiger partial charge < -0.3 is 0 Å². The Morgan fingerprint density at radius 2 is 0.890 bits per heavy atom. The lowest BCUT2D eigenvalue weighted by Gasteiger charge is -2.41. The lowest BCUT2D eigenvalue weighted by Crippen LogP contribution is -2.45. The van der Waals surface area contributed by atoms with Gasteiger partial charge in [-0.15, -0.1) is 0 Å². The number of pyridine rings is 2. The van der Waals surface area contributed by atoms with Crippen LogP contribution in [0.2, 0.25) is 25.1 Å². The van der Waals surface area contributed by atoms with Gasteiger partial charge in [0.2, 0.25) is 11.8 Å². The number of likely N-dealkylation sites (tertiary alicyclic amines) is 2. The van der Waals surface area contributed by atoms with Crippen molar-refractivity contribution in [1.29, 1.82) is 0 Å². The van der Waals surface area contributed by atoms with Crippen LogP contribution in [0.4, 0.5) is 31.5 Å². The van der Waals surface area contributed by atoms with E-state index in [0.29, 0.717) is 67.7 Å². The molecule has 0 spiro atoms. The number of para-hydroxylation sites is 2. The molecular formula is C58H59Cl5F2N6O2. The van der Waals surface area contributed by atoms with Crippen molar-refractivity contribution in [2.75, 3.05) is 36.0 Å². The highest BCUT2D eigenvalue weighted by Gasteiger charge is 2.37. The first kappa shape index (κ1) is 53.2. The van der Waals surface area contributed by atoms with Crippen molar-refractivity contribution in [3.63, 3.8) is 0 Å². The zero-order valence-corrected chi connectivity index (χ0v) is 45.7. The fraction of sp³-hybridized carbons (Fsp3) is 0.379. The van der Waals surface area contributed by atoms with Crippen LogP contribution in [0.3, 0.4) is 0 Å². The predicted octanol–water partition coefficient (Wildman–Crippen LogP) is 16.2. The minimum absolute atomic E-state index is 0.0535. The van der Waals surface area contributed by atoms with Crippen LogP contribution in [0.1, 0.15) is 114 Å². The number of benzene rings is 4. The molecule has 2 aromatic heterocycles. The molecule has 2 saturated heterocycles. The van der Waals surface area contributed by atoms with Crippen LogP contribution in [0.5, 0.6) is 0 Å². The highest BCUT2D eigenvalue weighted by molar-refractivity contribution is 6.41. The van der Waals surface area contributed by atoms with Crippen LogP contribution in [0.15, 0.2) is 91.0 Å². The largest absolute Gasteiger partial charge is 0.298 e. The molecular weight excluding hydrogens is 1030 g/mol. The molecule has 2 amide bonds. The Hall–Kier alpha value is -4.65. The summed E-state index contributed by atoms with van der Waals surface area (Å²) in [5.74, 6) is -0.372. The van der Waals surface area contributed by atoms with E-state index in [2.05, 4.69) is 57.4 Å². The van der Waals surface area contributed by atoms with Crippen molar-refractivity contribution < 1.29 is 18.4 Å². The normalized spacial score (nSPS) is 17.3. The van der Waals surface area contributed by atoms with Crippen molar-refractivity contribution in [2.24, 2.45) is 0 Å². The Morgan fingerprint density at radius 3 is 1.30 bits per heavy atom. The molecule has 4 aliphatic rings. The number of carbonyl (C=O) groups is 2. The number of carbonyl (C=O) groups excluding carboxylic acids is 2. The number of hydrogen-bond donors (Lipinski definition) is 0. The number of fused-ring (bicyclic) bond motifs is 2. The van der Waals surface area contributed by atoms with E-state index in [1.807, 2.05) is 6.07 Å². The number of amides is 2. The fourth-order valence-corrected chi connectivity index (χ4v) is 12.1. The molecule has 6 aromatic rings.